The van der Waals surface area contributed by atoms with E-state index in [1.54, 1.807) is 30.5 Å². The maximum Gasteiger partial charge on any atom is 0.312 e. The number of nitrogens with one attached hydrogen (secondary N) is 1. The Kier molecular flexibility index (Phi) is 3.52. The fourth-order valence-corrected chi connectivity index (χ4v) is 2.30. The highest BCUT2D eigenvalue weighted by atomic mass is 35.5. The van der Waals surface area contributed by atoms with Gasteiger partial charge in [-0.05, 0) is 36.4 Å². The molecule has 3 rings (SSSR count). The number of hydrogen-bond acceptors (Lipinski definition) is 5. The van der Waals surface area contributed by atoms with E-state index in [9.17, 15) is 15.2 Å². The van der Waals surface area contributed by atoms with Crippen LogP contribution in [-0.2, 0) is 0 Å². The molecule has 0 aliphatic rings. The first-order valence-electron chi connectivity index (χ1n) is 6.33. The van der Waals surface area contributed by atoms with E-state index < -0.39 is 4.92 Å². The van der Waals surface area contributed by atoms with E-state index in [0.29, 0.717) is 16.2 Å². The smallest absolute Gasteiger partial charge is 0.312 e. The van der Waals surface area contributed by atoms with Crippen molar-refractivity contribution in [3.8, 4) is 5.75 Å². The van der Waals surface area contributed by atoms with Crippen LogP contribution in [0.25, 0.3) is 10.9 Å². The quantitative estimate of drug-likeness (QED) is 0.428. The standard InChI is InChI=1S/C15H10ClN3O3/c16-9-1-3-11-12(5-6-17-13(11)7-9)18-10-2-4-15(20)14(8-10)19(21)22/h1-8,20H,(H,17,18). The number of nitro benzene ring substituents is 1. The number of benzene rings is 2. The molecule has 2 N–H and O–H groups in total. The highest BCUT2D eigenvalue weighted by molar-refractivity contribution is 6.31. The fourth-order valence-electron chi connectivity index (χ4n) is 2.13. The fraction of sp³-hybridized carbons (Fsp3) is 0. The molecule has 1 heterocycles. The van der Waals surface area contributed by atoms with E-state index in [1.165, 1.54) is 12.1 Å². The van der Waals surface area contributed by atoms with Crippen LogP contribution in [0.4, 0.5) is 17.1 Å². The summed E-state index contributed by atoms with van der Waals surface area (Å²) in [7, 11) is 0. The van der Waals surface area contributed by atoms with Crippen molar-refractivity contribution in [1.82, 2.24) is 4.98 Å². The Morgan fingerprint density at radius 1 is 1.18 bits per heavy atom. The van der Waals surface area contributed by atoms with Gasteiger partial charge in [0, 0.05) is 34.0 Å². The summed E-state index contributed by atoms with van der Waals surface area (Å²) in [5, 5.41) is 24.9. The number of fused-ring (bicyclic) bond motifs is 1. The summed E-state index contributed by atoms with van der Waals surface area (Å²) in [5.41, 5.74) is 1.59. The third-order valence-corrected chi connectivity index (χ3v) is 3.39. The number of nitro groups is 1. The zero-order chi connectivity index (χ0) is 15.7. The van der Waals surface area contributed by atoms with Crippen molar-refractivity contribution < 1.29 is 10.0 Å². The maximum absolute atomic E-state index is 10.9. The molecule has 0 amide bonds. The summed E-state index contributed by atoms with van der Waals surface area (Å²) in [6.07, 6.45) is 1.62. The van der Waals surface area contributed by atoms with E-state index in [-0.39, 0.29) is 11.4 Å². The number of halogens is 1. The average molecular weight is 316 g/mol. The molecule has 0 unspecified atom stereocenters. The Bertz CT molecular complexity index is 883. The number of pyridine rings is 1. The minimum atomic E-state index is -0.634. The predicted molar refractivity (Wildman–Crippen MR) is 84.8 cm³/mol. The molecule has 0 fully saturated rings. The lowest BCUT2D eigenvalue weighted by atomic mass is 10.1. The van der Waals surface area contributed by atoms with Gasteiger partial charge in [-0.15, -0.1) is 0 Å². The zero-order valence-electron chi connectivity index (χ0n) is 11.2. The number of nitrogens with zero attached hydrogens (tertiary/aromatic N) is 2. The van der Waals surface area contributed by atoms with Crippen LogP contribution in [0.15, 0.2) is 48.7 Å². The number of rotatable bonds is 3. The monoisotopic (exact) mass is 315 g/mol. The highest BCUT2D eigenvalue weighted by Gasteiger charge is 2.14. The van der Waals surface area contributed by atoms with Crippen LogP contribution in [0.1, 0.15) is 0 Å². The van der Waals surface area contributed by atoms with Gasteiger partial charge in [0.25, 0.3) is 0 Å². The van der Waals surface area contributed by atoms with Crippen LogP contribution in [-0.4, -0.2) is 15.0 Å². The molecule has 0 bridgehead atoms. The lowest BCUT2D eigenvalue weighted by Crippen LogP contribution is -1.95. The normalized spacial score (nSPS) is 10.6. The number of aromatic hydroxyl groups is 1. The lowest BCUT2D eigenvalue weighted by Gasteiger charge is -2.10. The minimum Gasteiger partial charge on any atom is -0.502 e. The molecule has 0 saturated carbocycles. The Morgan fingerprint density at radius 3 is 2.77 bits per heavy atom. The van der Waals surface area contributed by atoms with E-state index in [0.717, 1.165) is 11.1 Å². The average Bonchev–Trinajstić information content (AvgIpc) is 2.49. The van der Waals surface area contributed by atoms with Crippen molar-refractivity contribution in [2.75, 3.05) is 5.32 Å². The molecule has 6 nitrogen and oxygen atoms in total. The van der Waals surface area contributed by atoms with Crippen molar-refractivity contribution >= 4 is 39.6 Å². The summed E-state index contributed by atoms with van der Waals surface area (Å²) in [5.74, 6) is -0.373. The van der Waals surface area contributed by atoms with Crippen molar-refractivity contribution in [3.63, 3.8) is 0 Å². The molecule has 0 aliphatic carbocycles. The van der Waals surface area contributed by atoms with Crippen LogP contribution < -0.4 is 5.32 Å². The molecule has 0 aliphatic heterocycles. The van der Waals surface area contributed by atoms with Gasteiger partial charge < -0.3 is 10.4 Å². The minimum absolute atomic E-state index is 0.355. The molecule has 2 aromatic carbocycles. The van der Waals surface area contributed by atoms with E-state index in [4.69, 9.17) is 11.6 Å². The molecule has 7 heteroatoms. The SMILES string of the molecule is O=[N+]([O-])c1cc(Nc2ccnc3cc(Cl)ccc23)ccc1O. The molecule has 0 spiro atoms. The predicted octanol–water partition coefficient (Wildman–Crippen LogP) is 4.25. The summed E-state index contributed by atoms with van der Waals surface area (Å²) < 4.78 is 0. The Morgan fingerprint density at radius 2 is 2.00 bits per heavy atom. The van der Waals surface area contributed by atoms with E-state index in [1.807, 2.05) is 6.07 Å². The molecular formula is C15H10ClN3O3. The van der Waals surface area contributed by atoms with Crippen molar-refractivity contribution in [1.29, 1.82) is 0 Å². The van der Waals surface area contributed by atoms with Crippen molar-refractivity contribution in [2.45, 2.75) is 0 Å². The number of aromatic nitrogens is 1. The number of phenolic OH excluding ortho intramolecular Hbond substituents is 1. The second kappa shape index (κ2) is 5.50. The first-order chi connectivity index (χ1) is 10.5. The van der Waals surface area contributed by atoms with Gasteiger partial charge in [0.05, 0.1) is 10.4 Å². The highest BCUT2D eigenvalue weighted by Crippen LogP contribution is 2.32. The molecule has 3 aromatic rings. The van der Waals surface area contributed by atoms with Gasteiger partial charge in [-0.1, -0.05) is 11.6 Å². The van der Waals surface area contributed by atoms with Crippen molar-refractivity contribution in [2.24, 2.45) is 0 Å². The first-order valence-corrected chi connectivity index (χ1v) is 6.71. The third kappa shape index (κ3) is 2.64. The Hall–Kier alpha value is -2.86. The number of anilines is 2. The molecule has 0 radical (unpaired) electrons. The second-order valence-electron chi connectivity index (χ2n) is 4.61. The van der Waals surface area contributed by atoms with Crippen molar-refractivity contribution in [3.05, 3.63) is 63.8 Å². The van der Waals surface area contributed by atoms with Gasteiger partial charge in [0.2, 0.25) is 0 Å². The second-order valence-corrected chi connectivity index (χ2v) is 5.04. The summed E-state index contributed by atoms with van der Waals surface area (Å²) in [6, 6.07) is 11.2. The van der Waals surface area contributed by atoms with Crippen LogP contribution in [0.5, 0.6) is 5.75 Å². The Labute approximate surface area is 130 Å². The third-order valence-electron chi connectivity index (χ3n) is 3.16. The Balaban J connectivity index is 2.03. The number of phenols is 1. The molecule has 110 valence electrons. The largest absolute Gasteiger partial charge is 0.502 e. The first kappa shape index (κ1) is 14.1. The van der Waals surface area contributed by atoms with Gasteiger partial charge in [0.1, 0.15) is 0 Å². The molecule has 0 saturated heterocycles. The van der Waals surface area contributed by atoms with Gasteiger partial charge >= 0.3 is 5.69 Å². The number of hydrogen-bond donors (Lipinski definition) is 2. The van der Waals surface area contributed by atoms with Crippen LogP contribution >= 0.6 is 11.6 Å². The molecule has 1 aromatic heterocycles. The lowest BCUT2D eigenvalue weighted by molar-refractivity contribution is -0.385. The topological polar surface area (TPSA) is 88.3 Å². The van der Waals surface area contributed by atoms with Gasteiger partial charge in [-0.25, -0.2) is 0 Å². The molecule has 22 heavy (non-hydrogen) atoms. The maximum atomic E-state index is 10.9. The molecular weight excluding hydrogens is 306 g/mol. The van der Waals surface area contributed by atoms with Crippen LogP contribution in [0.2, 0.25) is 5.02 Å². The van der Waals surface area contributed by atoms with Gasteiger partial charge in [0.15, 0.2) is 5.75 Å². The van der Waals surface area contributed by atoms with Gasteiger partial charge in [-0.2, -0.15) is 0 Å². The summed E-state index contributed by atoms with van der Waals surface area (Å²) in [4.78, 5) is 14.5. The summed E-state index contributed by atoms with van der Waals surface area (Å²) in [6.45, 7) is 0. The van der Waals surface area contributed by atoms with E-state index in [2.05, 4.69) is 10.3 Å². The zero-order valence-corrected chi connectivity index (χ0v) is 11.9. The molecule has 0 atom stereocenters. The van der Waals surface area contributed by atoms with E-state index >= 15 is 0 Å². The van der Waals surface area contributed by atoms with Gasteiger partial charge in [-0.3, -0.25) is 15.1 Å². The van der Waals surface area contributed by atoms with Crippen LogP contribution in [0, 0.1) is 10.1 Å². The van der Waals surface area contributed by atoms with Crippen LogP contribution in [0.3, 0.4) is 0 Å². The summed E-state index contributed by atoms with van der Waals surface area (Å²) >= 11 is 5.94.